The fourth-order valence-corrected chi connectivity index (χ4v) is 0.471. The minimum atomic E-state index is 0. The molecule has 0 rings (SSSR count). The van der Waals surface area contributed by atoms with E-state index in [1.807, 2.05) is 14.1 Å². The minimum Gasteiger partial charge on any atom is -0.360 e. The summed E-state index contributed by atoms with van der Waals surface area (Å²) in [7, 11) is 3.96. The average molecular weight is 366 g/mol. The molecule has 0 aliphatic heterocycles. The summed E-state index contributed by atoms with van der Waals surface area (Å²) in [5.41, 5.74) is 0. The fraction of sp³-hybridized carbons (Fsp3) is 0.714. The van der Waals surface area contributed by atoms with E-state index in [0.717, 1.165) is 13.1 Å². The maximum absolute atomic E-state index is 3.78. The molecule has 0 aliphatic rings. The maximum Gasteiger partial charge on any atom is 2.00 e. The van der Waals surface area contributed by atoms with E-state index in [1.165, 1.54) is 0 Å². The largest absolute Gasteiger partial charge is 2.00 e. The molecule has 0 aromatic heterocycles. The summed E-state index contributed by atoms with van der Waals surface area (Å²) >= 11 is 0. The van der Waals surface area contributed by atoms with E-state index in [4.69, 9.17) is 0 Å². The van der Waals surface area contributed by atoms with Gasteiger partial charge in [-0.1, -0.05) is 0 Å². The average Bonchev–Trinajstić information content (AvgIpc) is 1.82. The van der Waals surface area contributed by atoms with Gasteiger partial charge in [0.05, 0.1) is 0 Å². The van der Waals surface area contributed by atoms with Crippen LogP contribution in [0.1, 0.15) is 0 Å². The molecule has 3 heteroatoms. The third kappa shape index (κ3) is 7.08. The Morgan fingerprint density at radius 3 is 2.30 bits per heavy atom. The predicted molar refractivity (Wildman–Crippen MR) is 41.1 cm³/mol. The van der Waals surface area contributed by atoms with Crippen molar-refractivity contribution in [1.82, 2.24) is 10.2 Å². The molecular weight excluding hydrogens is 350 g/mol. The Morgan fingerprint density at radius 1 is 1.50 bits per heavy atom. The molecule has 58 valence electrons. The van der Waals surface area contributed by atoms with Gasteiger partial charge in [-0.2, -0.15) is 0 Å². The van der Waals surface area contributed by atoms with E-state index in [9.17, 15) is 0 Å². The van der Waals surface area contributed by atoms with Crippen molar-refractivity contribution in [3.63, 3.8) is 0 Å². The zero-order valence-corrected chi connectivity index (χ0v) is 11.0. The van der Waals surface area contributed by atoms with Crippen molar-refractivity contribution in [2.75, 3.05) is 27.2 Å². The molecule has 0 saturated heterocycles. The summed E-state index contributed by atoms with van der Waals surface area (Å²) in [6.45, 7) is 9.56. The van der Waals surface area contributed by atoms with Gasteiger partial charge in [-0.15, -0.1) is 0 Å². The van der Waals surface area contributed by atoms with Crippen LogP contribution in [0.25, 0.3) is 0 Å². The van der Waals surface area contributed by atoms with E-state index in [0.29, 0.717) is 0 Å². The van der Waals surface area contributed by atoms with Gasteiger partial charge in [-0.05, 0) is 14.1 Å². The Hall–Kier alpha value is 0.972. The van der Waals surface area contributed by atoms with Crippen LogP contribution >= 0.6 is 0 Å². The summed E-state index contributed by atoms with van der Waals surface area (Å²) in [6.07, 6.45) is 0. The van der Waals surface area contributed by atoms with Crippen molar-refractivity contribution in [2.24, 2.45) is 0 Å². The van der Waals surface area contributed by atoms with Crippen LogP contribution in [-0.4, -0.2) is 38.1 Å². The molecule has 0 aromatic carbocycles. The molecule has 0 spiro atoms. The monoisotopic (exact) mass is 366 g/mol. The SMILES string of the molecule is [CH2-]C([CH2-])N(C)CCNC.[U+2]. The van der Waals surface area contributed by atoms with Gasteiger partial charge >= 0.3 is 31.1 Å². The van der Waals surface area contributed by atoms with Crippen molar-refractivity contribution >= 4 is 0 Å². The number of nitrogens with one attached hydrogen (secondary N) is 1. The summed E-state index contributed by atoms with van der Waals surface area (Å²) in [5, 5.41) is 3.06. The number of likely N-dealkylation sites (N-methyl/N-ethyl adjacent to an activating group) is 2. The quantitative estimate of drug-likeness (QED) is 0.714. The van der Waals surface area contributed by atoms with E-state index >= 15 is 0 Å². The van der Waals surface area contributed by atoms with E-state index in [-0.39, 0.29) is 37.2 Å². The normalized spacial score (nSPS) is 10.2. The second-order valence-corrected chi connectivity index (χ2v) is 2.24. The molecule has 0 aliphatic carbocycles. The van der Waals surface area contributed by atoms with Gasteiger partial charge in [0.25, 0.3) is 0 Å². The standard InChI is InChI=1S/C7H16N2.U/c1-7(2)9(4)6-5-8-3;/h7-8H,1-2,5-6H2,3-4H3;/q-2;+2. The first kappa shape index (κ1) is 13.6. The molecule has 2 nitrogen and oxygen atoms in total. The molecule has 10 heavy (non-hydrogen) atoms. The molecule has 0 heterocycles. The molecule has 0 aromatic rings. The molecule has 0 bridgehead atoms. The Labute approximate surface area is 88.1 Å². The Kier molecular flexibility index (Phi) is 10.9. The van der Waals surface area contributed by atoms with Gasteiger partial charge in [0.1, 0.15) is 0 Å². The smallest absolute Gasteiger partial charge is 0.360 e. The minimum absolute atomic E-state index is 0. The zero-order valence-electron chi connectivity index (χ0n) is 6.85. The van der Waals surface area contributed by atoms with Gasteiger partial charge in [-0.3, -0.25) is 0 Å². The first-order valence-corrected chi connectivity index (χ1v) is 3.19. The zero-order chi connectivity index (χ0) is 7.28. The van der Waals surface area contributed by atoms with Crippen molar-refractivity contribution < 1.29 is 31.1 Å². The topological polar surface area (TPSA) is 15.3 Å². The van der Waals surface area contributed by atoms with Crippen LogP contribution in [0.5, 0.6) is 0 Å². The molecule has 0 unspecified atom stereocenters. The molecule has 1 N–H and O–H groups in total. The first-order valence-electron chi connectivity index (χ1n) is 3.19. The van der Waals surface area contributed by atoms with E-state index < -0.39 is 0 Å². The number of hydrogen-bond donors (Lipinski definition) is 1. The van der Waals surface area contributed by atoms with Crippen molar-refractivity contribution in [3.05, 3.63) is 13.8 Å². The van der Waals surface area contributed by atoms with Gasteiger partial charge in [0, 0.05) is 13.1 Å². The predicted octanol–water partition coefficient (Wildman–Crippen LogP) is 0.174. The fourth-order valence-electron chi connectivity index (χ4n) is 0.471. The summed E-state index contributed by atoms with van der Waals surface area (Å²) in [4.78, 5) is 2.09. The second kappa shape index (κ2) is 8.07. The number of rotatable bonds is 4. The number of nitrogens with zero attached hydrogens (tertiary/aromatic N) is 1. The molecule has 0 fully saturated rings. The summed E-state index contributed by atoms with van der Waals surface area (Å²) in [6, 6.07) is 0.165. The van der Waals surface area contributed by atoms with Crippen LogP contribution in [0.4, 0.5) is 0 Å². The van der Waals surface area contributed by atoms with Crippen LogP contribution in [-0.2, 0) is 0 Å². The van der Waals surface area contributed by atoms with E-state index in [2.05, 4.69) is 24.1 Å². The molecule has 0 radical (unpaired) electrons. The van der Waals surface area contributed by atoms with Gasteiger partial charge in [0.15, 0.2) is 0 Å². The third-order valence-electron chi connectivity index (χ3n) is 1.34. The van der Waals surface area contributed by atoms with Gasteiger partial charge in [0.2, 0.25) is 0 Å². The van der Waals surface area contributed by atoms with Crippen LogP contribution in [0, 0.1) is 45.0 Å². The van der Waals surface area contributed by atoms with Gasteiger partial charge < -0.3 is 24.1 Å². The molecule has 0 atom stereocenters. The molecular formula is C7H16N2U. The summed E-state index contributed by atoms with van der Waals surface area (Å²) in [5.74, 6) is 0. The van der Waals surface area contributed by atoms with Gasteiger partial charge in [-0.25, -0.2) is 6.04 Å². The van der Waals surface area contributed by atoms with Crippen LogP contribution in [0.15, 0.2) is 0 Å². The third-order valence-corrected chi connectivity index (χ3v) is 1.34. The van der Waals surface area contributed by atoms with E-state index in [1.54, 1.807) is 0 Å². The van der Waals surface area contributed by atoms with Crippen molar-refractivity contribution in [3.8, 4) is 0 Å². The van der Waals surface area contributed by atoms with Crippen LogP contribution < -0.4 is 5.32 Å². The Balaban J connectivity index is 0. The number of hydrogen-bond acceptors (Lipinski definition) is 2. The molecule has 0 saturated carbocycles. The maximum atomic E-state index is 3.78. The van der Waals surface area contributed by atoms with Crippen molar-refractivity contribution in [1.29, 1.82) is 0 Å². The first-order chi connectivity index (χ1) is 4.18. The van der Waals surface area contributed by atoms with Crippen LogP contribution in [0.2, 0.25) is 0 Å². The Bertz CT molecular complexity index is 66.6. The van der Waals surface area contributed by atoms with Crippen LogP contribution in [0.3, 0.4) is 0 Å². The molecule has 0 amide bonds. The summed E-state index contributed by atoms with van der Waals surface area (Å²) < 4.78 is 0. The second-order valence-electron chi connectivity index (χ2n) is 2.24. The van der Waals surface area contributed by atoms with Crippen molar-refractivity contribution in [2.45, 2.75) is 6.04 Å². The Morgan fingerprint density at radius 2 is 2.00 bits per heavy atom.